The third kappa shape index (κ3) is 3.04. The summed E-state index contributed by atoms with van der Waals surface area (Å²) in [6.45, 7) is 0.420. The fraction of sp³-hybridized carbons (Fsp3) is 0.385. The molecule has 108 valence electrons. The summed E-state index contributed by atoms with van der Waals surface area (Å²) in [5, 5.41) is 0.162. The molecule has 0 aromatic heterocycles. The first kappa shape index (κ1) is 15.5. The fourth-order valence-electron chi connectivity index (χ4n) is 1.83. The Kier molecular flexibility index (Phi) is 4.50. The molecular weight excluding hydrogens is 319 g/mol. The van der Waals surface area contributed by atoms with Crippen molar-refractivity contribution in [1.29, 1.82) is 0 Å². The van der Waals surface area contributed by atoms with Gasteiger partial charge in [-0.1, -0.05) is 29.1 Å². The van der Waals surface area contributed by atoms with E-state index in [4.69, 9.17) is 35.4 Å². The topological polar surface area (TPSA) is 63.4 Å². The Hall–Kier alpha value is -0.930. The Morgan fingerprint density at radius 2 is 2.05 bits per heavy atom. The molecule has 1 aliphatic carbocycles. The van der Waals surface area contributed by atoms with E-state index in [9.17, 15) is 8.42 Å². The lowest BCUT2D eigenvalue weighted by molar-refractivity contribution is 0.430. The number of nitrogen functional groups attached to an aromatic ring is 1. The molecular formula is C13H14Cl2N2O2S. The lowest BCUT2D eigenvalue weighted by atomic mass is 10.3. The first-order valence-corrected chi connectivity index (χ1v) is 8.24. The molecule has 0 heterocycles. The molecule has 1 aromatic carbocycles. The van der Waals surface area contributed by atoms with Crippen LogP contribution >= 0.6 is 23.2 Å². The van der Waals surface area contributed by atoms with E-state index in [-0.39, 0.29) is 27.2 Å². The Balaban J connectivity index is 2.42. The van der Waals surface area contributed by atoms with Crippen LogP contribution in [-0.2, 0) is 10.0 Å². The highest BCUT2D eigenvalue weighted by molar-refractivity contribution is 7.89. The molecule has 0 aliphatic heterocycles. The molecule has 0 amide bonds. The van der Waals surface area contributed by atoms with Crippen LogP contribution in [0.1, 0.15) is 12.8 Å². The van der Waals surface area contributed by atoms with E-state index in [1.54, 1.807) is 0 Å². The van der Waals surface area contributed by atoms with E-state index in [0.29, 0.717) is 12.5 Å². The number of nitrogens with two attached hydrogens (primary N) is 1. The minimum Gasteiger partial charge on any atom is -0.396 e. The minimum atomic E-state index is -3.77. The summed E-state index contributed by atoms with van der Waals surface area (Å²) >= 11 is 11.8. The van der Waals surface area contributed by atoms with Crippen LogP contribution in [0.25, 0.3) is 0 Å². The van der Waals surface area contributed by atoms with Gasteiger partial charge in [-0.25, -0.2) is 8.42 Å². The predicted molar refractivity (Wildman–Crippen MR) is 81.2 cm³/mol. The Bertz CT molecular complexity index is 664. The van der Waals surface area contributed by atoms with E-state index in [1.807, 2.05) is 0 Å². The first-order valence-electron chi connectivity index (χ1n) is 6.05. The van der Waals surface area contributed by atoms with Gasteiger partial charge >= 0.3 is 0 Å². The highest BCUT2D eigenvalue weighted by atomic mass is 35.5. The van der Waals surface area contributed by atoms with E-state index >= 15 is 0 Å². The second kappa shape index (κ2) is 5.82. The Morgan fingerprint density at radius 1 is 1.40 bits per heavy atom. The number of anilines is 1. The third-order valence-corrected chi connectivity index (χ3v) is 5.84. The SMILES string of the molecule is C#CCN(CC1CC1)S(=O)(=O)c1ccc(Cl)c(N)c1Cl. The van der Waals surface area contributed by atoms with Crippen molar-refractivity contribution in [2.75, 3.05) is 18.8 Å². The molecule has 2 rings (SSSR count). The van der Waals surface area contributed by atoms with Crippen LogP contribution in [0.3, 0.4) is 0 Å². The lowest BCUT2D eigenvalue weighted by Crippen LogP contribution is -2.33. The maximum Gasteiger partial charge on any atom is 0.245 e. The van der Waals surface area contributed by atoms with E-state index in [2.05, 4.69) is 5.92 Å². The molecule has 0 radical (unpaired) electrons. The van der Waals surface area contributed by atoms with Gasteiger partial charge in [0.1, 0.15) is 4.90 Å². The Labute approximate surface area is 128 Å². The third-order valence-electron chi connectivity index (χ3n) is 3.14. The van der Waals surface area contributed by atoms with Crippen molar-refractivity contribution in [3.05, 3.63) is 22.2 Å². The van der Waals surface area contributed by atoms with Crippen LogP contribution in [-0.4, -0.2) is 25.8 Å². The highest BCUT2D eigenvalue weighted by Gasteiger charge is 2.33. The van der Waals surface area contributed by atoms with Crippen molar-refractivity contribution in [2.45, 2.75) is 17.7 Å². The van der Waals surface area contributed by atoms with Crippen LogP contribution in [0.15, 0.2) is 17.0 Å². The molecule has 1 fully saturated rings. The summed E-state index contributed by atoms with van der Waals surface area (Å²) < 4.78 is 26.5. The number of nitrogens with zero attached hydrogens (tertiary/aromatic N) is 1. The molecule has 4 nitrogen and oxygen atoms in total. The average Bonchev–Trinajstić information content (AvgIpc) is 3.19. The van der Waals surface area contributed by atoms with Crippen molar-refractivity contribution < 1.29 is 8.42 Å². The maximum absolute atomic E-state index is 12.6. The van der Waals surface area contributed by atoms with Gasteiger partial charge in [-0.15, -0.1) is 6.42 Å². The van der Waals surface area contributed by atoms with Crippen molar-refractivity contribution in [2.24, 2.45) is 5.92 Å². The average molecular weight is 333 g/mol. The van der Waals surface area contributed by atoms with Crippen molar-refractivity contribution in [1.82, 2.24) is 4.31 Å². The van der Waals surface area contributed by atoms with E-state index in [1.165, 1.54) is 16.4 Å². The molecule has 7 heteroatoms. The standard InChI is InChI=1S/C13H14Cl2N2O2S/c1-2-7-17(8-9-3-4-9)20(18,19)11-6-5-10(14)13(16)12(11)15/h1,5-6,9H,3-4,7-8,16H2. The van der Waals surface area contributed by atoms with Gasteiger partial charge in [0.2, 0.25) is 10.0 Å². The van der Waals surface area contributed by atoms with Crippen LogP contribution in [0, 0.1) is 18.3 Å². The molecule has 0 bridgehead atoms. The summed E-state index contributed by atoms with van der Waals surface area (Å²) in [6, 6.07) is 2.77. The quantitative estimate of drug-likeness (QED) is 0.665. The second-order valence-corrected chi connectivity index (χ2v) is 7.41. The van der Waals surface area contributed by atoms with Gasteiger partial charge in [0.05, 0.1) is 22.3 Å². The van der Waals surface area contributed by atoms with Gasteiger partial charge in [-0.05, 0) is 30.9 Å². The predicted octanol–water partition coefficient (Wildman–Crippen LogP) is 2.61. The zero-order chi connectivity index (χ0) is 14.9. The maximum atomic E-state index is 12.6. The number of hydrogen-bond donors (Lipinski definition) is 1. The van der Waals surface area contributed by atoms with Crippen molar-refractivity contribution in [3.8, 4) is 12.3 Å². The van der Waals surface area contributed by atoms with Gasteiger partial charge in [0.15, 0.2) is 0 Å². The molecule has 2 N–H and O–H groups in total. The van der Waals surface area contributed by atoms with Gasteiger partial charge in [0, 0.05) is 6.54 Å². The molecule has 0 spiro atoms. The van der Waals surface area contributed by atoms with Crippen molar-refractivity contribution in [3.63, 3.8) is 0 Å². The zero-order valence-electron chi connectivity index (χ0n) is 10.6. The molecule has 1 aromatic rings. The molecule has 0 saturated heterocycles. The summed E-state index contributed by atoms with van der Waals surface area (Å²) in [4.78, 5) is -0.0584. The summed E-state index contributed by atoms with van der Waals surface area (Å²) in [6.07, 6.45) is 7.30. The fourth-order valence-corrected chi connectivity index (χ4v) is 3.99. The zero-order valence-corrected chi connectivity index (χ0v) is 13.0. The largest absolute Gasteiger partial charge is 0.396 e. The second-order valence-electron chi connectivity index (χ2n) is 4.72. The molecule has 1 saturated carbocycles. The molecule has 0 atom stereocenters. The van der Waals surface area contributed by atoms with Crippen molar-refractivity contribution >= 4 is 38.9 Å². The number of halogens is 2. The van der Waals surface area contributed by atoms with Crippen LogP contribution in [0.2, 0.25) is 10.0 Å². The number of benzene rings is 1. The monoisotopic (exact) mass is 332 g/mol. The van der Waals surface area contributed by atoms with Gasteiger partial charge < -0.3 is 5.73 Å². The lowest BCUT2D eigenvalue weighted by Gasteiger charge is -2.21. The van der Waals surface area contributed by atoms with Crippen LogP contribution in [0.4, 0.5) is 5.69 Å². The van der Waals surface area contributed by atoms with E-state index in [0.717, 1.165) is 12.8 Å². The minimum absolute atomic E-state index is 0.0116. The molecule has 20 heavy (non-hydrogen) atoms. The molecule has 1 aliphatic rings. The normalized spacial score (nSPS) is 15.3. The van der Waals surface area contributed by atoms with E-state index < -0.39 is 10.0 Å². The summed E-state index contributed by atoms with van der Waals surface area (Å²) in [7, 11) is -3.77. The van der Waals surface area contributed by atoms with Gasteiger partial charge in [0.25, 0.3) is 0 Å². The first-order chi connectivity index (χ1) is 9.37. The number of sulfonamides is 1. The molecule has 0 unspecified atom stereocenters. The smallest absolute Gasteiger partial charge is 0.245 e. The van der Waals surface area contributed by atoms with Gasteiger partial charge in [-0.3, -0.25) is 0 Å². The van der Waals surface area contributed by atoms with Crippen LogP contribution < -0.4 is 5.73 Å². The number of hydrogen-bond acceptors (Lipinski definition) is 3. The van der Waals surface area contributed by atoms with Crippen LogP contribution in [0.5, 0.6) is 0 Å². The summed E-state index contributed by atoms with van der Waals surface area (Å²) in [5.74, 6) is 2.75. The number of rotatable bonds is 5. The Morgan fingerprint density at radius 3 is 2.60 bits per heavy atom. The summed E-state index contributed by atoms with van der Waals surface area (Å²) in [5.41, 5.74) is 5.74. The highest BCUT2D eigenvalue weighted by Crippen LogP contribution is 2.36. The van der Waals surface area contributed by atoms with Gasteiger partial charge in [-0.2, -0.15) is 4.31 Å². The number of terminal acetylenes is 1.